The van der Waals surface area contributed by atoms with Crippen molar-refractivity contribution in [2.24, 2.45) is 0 Å². The fourth-order valence-corrected chi connectivity index (χ4v) is 1.71. The van der Waals surface area contributed by atoms with E-state index in [1.54, 1.807) is 6.92 Å². The molecular weight excluding hydrogens is 295 g/mol. The van der Waals surface area contributed by atoms with E-state index in [0.29, 0.717) is 0 Å². The minimum Gasteiger partial charge on any atom is -0.469 e. The molecule has 9 heteroatoms. The van der Waals surface area contributed by atoms with Crippen LogP contribution >= 0.6 is 0 Å². The van der Waals surface area contributed by atoms with Crippen molar-refractivity contribution >= 4 is 31.2 Å². The van der Waals surface area contributed by atoms with Gasteiger partial charge in [0.1, 0.15) is 7.28 Å². The summed E-state index contributed by atoms with van der Waals surface area (Å²) in [4.78, 5) is 46.3. The molecule has 0 aliphatic carbocycles. The molecule has 0 aromatic carbocycles. The summed E-state index contributed by atoms with van der Waals surface area (Å²) in [6.45, 7) is 1.79. The quantitative estimate of drug-likeness (QED) is 0.336. The van der Waals surface area contributed by atoms with Gasteiger partial charge in [-0.15, -0.1) is 0 Å². The van der Waals surface area contributed by atoms with Crippen LogP contribution in [0.3, 0.4) is 0 Å². The number of esters is 4. The number of hydrogen-bond acceptors (Lipinski definition) is 8. The summed E-state index contributed by atoms with van der Waals surface area (Å²) in [5.74, 6) is -4.76. The molecule has 123 valence electrons. The van der Waals surface area contributed by atoms with Crippen LogP contribution in [0.15, 0.2) is 0 Å². The van der Waals surface area contributed by atoms with Crippen molar-refractivity contribution < 1.29 is 38.1 Å². The predicted octanol–water partition coefficient (Wildman–Crippen LogP) is 0.130. The molecular formula is C13H20BO8. The molecule has 0 saturated carbocycles. The van der Waals surface area contributed by atoms with Crippen molar-refractivity contribution in [3.05, 3.63) is 0 Å². The highest BCUT2D eigenvalue weighted by Crippen LogP contribution is 2.23. The molecule has 0 rings (SSSR count). The summed E-state index contributed by atoms with van der Waals surface area (Å²) in [5.41, 5.74) is 0. The standard InChI is InChI=1S/C13H20BO8/c1-5-22-11(16)7-9(13(18)21-4)14-8(12(17)20-3)6-10(15)19-2/h8-9H,5-7H2,1-4H3. The van der Waals surface area contributed by atoms with E-state index in [0.717, 1.165) is 14.2 Å². The van der Waals surface area contributed by atoms with Gasteiger partial charge in [-0.2, -0.15) is 0 Å². The molecule has 8 nitrogen and oxygen atoms in total. The third kappa shape index (κ3) is 7.10. The number of carbonyl (C=O) groups excluding carboxylic acids is 4. The zero-order valence-electron chi connectivity index (χ0n) is 13.1. The Kier molecular flexibility index (Phi) is 9.65. The summed E-state index contributed by atoms with van der Waals surface area (Å²) in [6, 6.07) is 0. The van der Waals surface area contributed by atoms with E-state index in [1.807, 2.05) is 0 Å². The maximum atomic E-state index is 11.7. The van der Waals surface area contributed by atoms with Crippen LogP contribution in [0.2, 0.25) is 11.6 Å². The van der Waals surface area contributed by atoms with Crippen molar-refractivity contribution in [3.8, 4) is 0 Å². The lowest BCUT2D eigenvalue weighted by Crippen LogP contribution is -2.29. The van der Waals surface area contributed by atoms with Gasteiger partial charge in [0.05, 0.1) is 40.8 Å². The Morgan fingerprint density at radius 1 is 0.818 bits per heavy atom. The first-order valence-corrected chi connectivity index (χ1v) is 6.62. The Morgan fingerprint density at radius 3 is 1.64 bits per heavy atom. The van der Waals surface area contributed by atoms with Crippen LogP contribution in [0.25, 0.3) is 0 Å². The lowest BCUT2D eigenvalue weighted by Gasteiger charge is -2.18. The van der Waals surface area contributed by atoms with Crippen LogP contribution in [0, 0.1) is 0 Å². The van der Waals surface area contributed by atoms with Crippen molar-refractivity contribution in [3.63, 3.8) is 0 Å². The van der Waals surface area contributed by atoms with Crippen molar-refractivity contribution in [2.75, 3.05) is 27.9 Å². The second-order valence-corrected chi connectivity index (χ2v) is 4.24. The van der Waals surface area contributed by atoms with Gasteiger partial charge >= 0.3 is 23.9 Å². The zero-order chi connectivity index (χ0) is 17.1. The first-order valence-electron chi connectivity index (χ1n) is 6.62. The molecule has 0 saturated heterocycles. The minimum absolute atomic E-state index is 0.162. The van der Waals surface area contributed by atoms with Crippen LogP contribution in [0.4, 0.5) is 0 Å². The van der Waals surface area contributed by atoms with Crippen LogP contribution in [-0.2, 0) is 38.1 Å². The molecule has 2 atom stereocenters. The lowest BCUT2D eigenvalue weighted by atomic mass is 9.52. The summed E-state index contributed by atoms with van der Waals surface area (Å²) >= 11 is 0. The fourth-order valence-electron chi connectivity index (χ4n) is 1.71. The predicted molar refractivity (Wildman–Crippen MR) is 75.2 cm³/mol. The number of rotatable bonds is 9. The highest BCUT2D eigenvalue weighted by Gasteiger charge is 2.33. The molecule has 0 heterocycles. The Labute approximate surface area is 129 Å². The van der Waals surface area contributed by atoms with Crippen molar-refractivity contribution in [2.45, 2.75) is 31.4 Å². The highest BCUT2D eigenvalue weighted by molar-refractivity contribution is 6.51. The number of ether oxygens (including phenoxy) is 4. The van der Waals surface area contributed by atoms with Gasteiger partial charge < -0.3 is 18.9 Å². The van der Waals surface area contributed by atoms with E-state index in [-0.39, 0.29) is 19.4 Å². The Hall–Kier alpha value is -2.06. The van der Waals surface area contributed by atoms with Gasteiger partial charge in [0.15, 0.2) is 0 Å². The number of methoxy groups -OCH3 is 3. The van der Waals surface area contributed by atoms with E-state index in [1.165, 1.54) is 14.4 Å². The number of carbonyl (C=O) groups is 4. The zero-order valence-corrected chi connectivity index (χ0v) is 13.1. The first kappa shape index (κ1) is 19.9. The van der Waals surface area contributed by atoms with Gasteiger partial charge in [-0.3, -0.25) is 19.2 Å². The van der Waals surface area contributed by atoms with Crippen LogP contribution in [-0.4, -0.2) is 59.1 Å². The molecule has 22 heavy (non-hydrogen) atoms. The van der Waals surface area contributed by atoms with Crippen molar-refractivity contribution in [1.29, 1.82) is 0 Å². The average Bonchev–Trinajstić information content (AvgIpc) is 2.51. The maximum Gasteiger partial charge on any atom is 0.305 e. The molecule has 0 amide bonds. The van der Waals surface area contributed by atoms with Crippen LogP contribution in [0.1, 0.15) is 19.8 Å². The molecule has 0 spiro atoms. The van der Waals surface area contributed by atoms with E-state index in [2.05, 4.69) is 14.2 Å². The molecule has 0 bridgehead atoms. The Bertz CT molecular complexity index is 409. The van der Waals surface area contributed by atoms with Crippen molar-refractivity contribution in [1.82, 2.24) is 0 Å². The van der Waals surface area contributed by atoms with Gasteiger partial charge in [-0.1, -0.05) is 0 Å². The van der Waals surface area contributed by atoms with Gasteiger partial charge in [0.25, 0.3) is 0 Å². The van der Waals surface area contributed by atoms with E-state index in [9.17, 15) is 19.2 Å². The third-order valence-electron chi connectivity index (χ3n) is 2.78. The van der Waals surface area contributed by atoms with E-state index in [4.69, 9.17) is 4.74 Å². The lowest BCUT2D eigenvalue weighted by molar-refractivity contribution is -0.149. The molecule has 0 aliphatic heterocycles. The highest BCUT2D eigenvalue weighted by atomic mass is 16.5. The molecule has 0 aliphatic rings. The molecule has 0 fully saturated rings. The number of hydrogen-bond donors (Lipinski definition) is 0. The molecule has 0 aromatic heterocycles. The molecule has 1 radical (unpaired) electrons. The Balaban J connectivity index is 5.01. The normalized spacial score (nSPS) is 12.5. The van der Waals surface area contributed by atoms with Gasteiger partial charge in [-0.25, -0.2) is 0 Å². The fraction of sp³-hybridized carbons (Fsp3) is 0.692. The van der Waals surface area contributed by atoms with Crippen LogP contribution < -0.4 is 0 Å². The smallest absolute Gasteiger partial charge is 0.305 e. The topological polar surface area (TPSA) is 105 Å². The van der Waals surface area contributed by atoms with Gasteiger partial charge in [0, 0.05) is 11.6 Å². The summed E-state index contributed by atoms with van der Waals surface area (Å²) < 4.78 is 18.4. The molecule has 0 aromatic rings. The summed E-state index contributed by atoms with van der Waals surface area (Å²) in [5, 5.41) is 0. The molecule has 2 unspecified atom stereocenters. The summed E-state index contributed by atoms with van der Waals surface area (Å²) in [6.07, 6.45) is -0.603. The summed E-state index contributed by atoms with van der Waals surface area (Å²) in [7, 11) is 4.72. The minimum atomic E-state index is -1.03. The average molecular weight is 315 g/mol. The Morgan fingerprint density at radius 2 is 1.27 bits per heavy atom. The second-order valence-electron chi connectivity index (χ2n) is 4.24. The first-order chi connectivity index (χ1) is 10.4. The maximum absolute atomic E-state index is 11.7. The monoisotopic (exact) mass is 315 g/mol. The largest absolute Gasteiger partial charge is 0.469 e. The van der Waals surface area contributed by atoms with Gasteiger partial charge in [-0.05, 0) is 6.92 Å². The SMILES string of the molecule is CCOC(=O)CC([B]C(CC(=O)OC)C(=O)OC)C(=O)OC. The van der Waals surface area contributed by atoms with Crippen LogP contribution in [0.5, 0.6) is 0 Å². The second kappa shape index (κ2) is 10.6. The van der Waals surface area contributed by atoms with Gasteiger partial charge in [0.2, 0.25) is 0 Å². The van der Waals surface area contributed by atoms with E-state index >= 15 is 0 Å². The molecule has 0 N–H and O–H groups in total. The third-order valence-corrected chi connectivity index (χ3v) is 2.78. The van der Waals surface area contributed by atoms with E-state index < -0.39 is 35.5 Å².